The van der Waals surface area contributed by atoms with Gasteiger partial charge in [0.1, 0.15) is 18.1 Å². The monoisotopic (exact) mass is 472 g/mol. The number of hydrogen-bond acceptors (Lipinski definition) is 6. The molecule has 0 bridgehead atoms. The number of benzene rings is 1. The number of aromatic nitrogens is 2. The highest BCUT2D eigenvalue weighted by molar-refractivity contribution is 6.30. The maximum atomic E-state index is 13.2. The van der Waals surface area contributed by atoms with E-state index < -0.39 is 6.17 Å². The predicted octanol–water partition coefficient (Wildman–Crippen LogP) is 2.30. The standard InChI is InChI=1S/C24H29ClN4O4/c1-27-22-21(23(31)28(24(27)32)13-2-3-14-30)26-20(8-5-15-33-19-6-4-7-19)29(22)16-17-9-11-18(25)12-10-17/h9-12,19-20,26,30H,2-4,6-7,13-16H2,1H3. The summed E-state index contributed by atoms with van der Waals surface area (Å²) in [6.45, 7) is 1.05. The fourth-order valence-corrected chi connectivity index (χ4v) is 4.16. The van der Waals surface area contributed by atoms with E-state index in [2.05, 4.69) is 17.2 Å². The van der Waals surface area contributed by atoms with E-state index in [4.69, 9.17) is 21.4 Å². The number of aliphatic hydroxyl groups is 1. The molecule has 1 fully saturated rings. The molecule has 33 heavy (non-hydrogen) atoms. The molecule has 9 heteroatoms. The van der Waals surface area contributed by atoms with Crippen LogP contribution < -0.4 is 21.5 Å². The van der Waals surface area contributed by atoms with Crippen molar-refractivity contribution in [3.05, 3.63) is 55.7 Å². The Morgan fingerprint density at radius 2 is 1.97 bits per heavy atom. The van der Waals surface area contributed by atoms with Crippen LogP contribution in [0.25, 0.3) is 0 Å². The number of rotatable bonds is 8. The molecule has 0 amide bonds. The first-order valence-corrected chi connectivity index (χ1v) is 11.7. The van der Waals surface area contributed by atoms with Gasteiger partial charge in [0.05, 0.1) is 6.10 Å². The zero-order valence-electron chi connectivity index (χ0n) is 18.7. The van der Waals surface area contributed by atoms with Crippen LogP contribution in [0.1, 0.15) is 37.7 Å². The van der Waals surface area contributed by atoms with Crippen molar-refractivity contribution in [1.82, 2.24) is 9.13 Å². The lowest BCUT2D eigenvalue weighted by molar-refractivity contribution is 0.0216. The van der Waals surface area contributed by atoms with Crippen LogP contribution in [0.3, 0.4) is 0 Å². The van der Waals surface area contributed by atoms with Crippen LogP contribution in [-0.4, -0.2) is 39.7 Å². The molecule has 0 radical (unpaired) electrons. The molecule has 2 heterocycles. The van der Waals surface area contributed by atoms with Crippen LogP contribution in [0.4, 0.5) is 11.5 Å². The molecule has 1 saturated carbocycles. The summed E-state index contributed by atoms with van der Waals surface area (Å²) in [5.74, 6) is 6.76. The van der Waals surface area contributed by atoms with Gasteiger partial charge in [-0.25, -0.2) is 4.79 Å². The molecule has 1 unspecified atom stereocenters. The Morgan fingerprint density at radius 1 is 1.21 bits per heavy atom. The summed E-state index contributed by atoms with van der Waals surface area (Å²) in [5.41, 5.74) is 0.573. The van der Waals surface area contributed by atoms with Crippen molar-refractivity contribution in [3.8, 4) is 11.8 Å². The van der Waals surface area contributed by atoms with E-state index >= 15 is 0 Å². The zero-order valence-corrected chi connectivity index (χ0v) is 19.5. The Labute approximate surface area is 197 Å². The number of halogens is 1. The molecular weight excluding hydrogens is 444 g/mol. The SMILES string of the molecule is Cn1c2c(c(=O)n(CCCCO)c1=O)NC(C#CCOC1CCC1)N2Cc1ccc(Cl)cc1. The maximum Gasteiger partial charge on any atom is 0.332 e. The quantitative estimate of drug-likeness (QED) is 0.453. The molecule has 2 aliphatic rings. The van der Waals surface area contributed by atoms with Gasteiger partial charge < -0.3 is 20.1 Å². The van der Waals surface area contributed by atoms with E-state index in [9.17, 15) is 9.59 Å². The average Bonchev–Trinajstić information content (AvgIpc) is 3.13. The summed E-state index contributed by atoms with van der Waals surface area (Å²) in [6.07, 6.45) is 4.24. The predicted molar refractivity (Wildman–Crippen MR) is 129 cm³/mol. The molecule has 8 nitrogen and oxygen atoms in total. The number of ether oxygens (including phenoxy) is 1. The van der Waals surface area contributed by atoms with Gasteiger partial charge in [-0.05, 0) is 49.8 Å². The number of nitrogens with zero attached hydrogens (tertiary/aromatic N) is 3. The topological polar surface area (TPSA) is 88.7 Å². The Kier molecular flexibility index (Phi) is 7.43. The lowest BCUT2D eigenvalue weighted by Gasteiger charge is -2.25. The zero-order chi connectivity index (χ0) is 23.4. The number of aliphatic hydroxyl groups excluding tert-OH is 1. The number of nitrogens with one attached hydrogen (secondary N) is 1. The summed E-state index contributed by atoms with van der Waals surface area (Å²) in [4.78, 5) is 28.1. The van der Waals surface area contributed by atoms with E-state index in [1.165, 1.54) is 15.6 Å². The van der Waals surface area contributed by atoms with Crippen LogP contribution in [0.15, 0.2) is 33.9 Å². The second-order valence-electron chi connectivity index (χ2n) is 8.41. The molecule has 1 aliphatic carbocycles. The smallest absolute Gasteiger partial charge is 0.332 e. The lowest BCUT2D eigenvalue weighted by Crippen LogP contribution is -2.41. The minimum atomic E-state index is -0.479. The van der Waals surface area contributed by atoms with Gasteiger partial charge in [-0.2, -0.15) is 0 Å². The lowest BCUT2D eigenvalue weighted by atomic mass is 9.96. The van der Waals surface area contributed by atoms with Crippen LogP contribution in [-0.2, 0) is 24.9 Å². The van der Waals surface area contributed by atoms with Crippen LogP contribution >= 0.6 is 11.6 Å². The number of unbranched alkanes of at least 4 members (excludes halogenated alkanes) is 1. The van der Waals surface area contributed by atoms with Gasteiger partial charge in [0.15, 0.2) is 6.17 Å². The minimum Gasteiger partial charge on any atom is -0.396 e. The highest BCUT2D eigenvalue weighted by atomic mass is 35.5. The van der Waals surface area contributed by atoms with Gasteiger partial charge in [-0.3, -0.25) is 13.9 Å². The van der Waals surface area contributed by atoms with Crippen LogP contribution in [0.5, 0.6) is 0 Å². The molecule has 1 aliphatic heterocycles. The Balaban J connectivity index is 1.65. The fourth-order valence-electron chi connectivity index (χ4n) is 4.04. The fraction of sp³-hybridized carbons (Fsp3) is 0.500. The van der Waals surface area contributed by atoms with Crippen molar-refractivity contribution in [3.63, 3.8) is 0 Å². The van der Waals surface area contributed by atoms with Crippen molar-refractivity contribution in [1.29, 1.82) is 0 Å². The van der Waals surface area contributed by atoms with Crippen molar-refractivity contribution in [2.24, 2.45) is 7.05 Å². The van der Waals surface area contributed by atoms with E-state index in [1.807, 2.05) is 29.2 Å². The maximum absolute atomic E-state index is 13.2. The van der Waals surface area contributed by atoms with E-state index in [0.717, 1.165) is 18.4 Å². The van der Waals surface area contributed by atoms with Crippen molar-refractivity contribution >= 4 is 23.1 Å². The second kappa shape index (κ2) is 10.5. The Bertz CT molecular complexity index is 1160. The second-order valence-corrected chi connectivity index (χ2v) is 8.85. The highest BCUT2D eigenvalue weighted by Gasteiger charge is 2.34. The molecule has 1 atom stereocenters. The Morgan fingerprint density at radius 3 is 2.64 bits per heavy atom. The number of hydrogen-bond donors (Lipinski definition) is 2. The summed E-state index contributed by atoms with van der Waals surface area (Å²) in [6, 6.07) is 7.46. The van der Waals surface area contributed by atoms with Crippen LogP contribution in [0, 0.1) is 11.8 Å². The number of anilines is 2. The van der Waals surface area contributed by atoms with E-state index in [0.29, 0.717) is 48.6 Å². The van der Waals surface area contributed by atoms with Gasteiger partial charge in [0.2, 0.25) is 0 Å². The molecule has 2 N–H and O–H groups in total. The highest BCUT2D eigenvalue weighted by Crippen LogP contribution is 2.31. The first-order chi connectivity index (χ1) is 16.0. The summed E-state index contributed by atoms with van der Waals surface area (Å²) in [7, 11) is 1.66. The molecule has 2 aromatic rings. The average molecular weight is 473 g/mol. The van der Waals surface area contributed by atoms with E-state index in [-0.39, 0.29) is 24.4 Å². The van der Waals surface area contributed by atoms with Gasteiger partial charge in [-0.1, -0.05) is 35.6 Å². The third-order valence-corrected chi connectivity index (χ3v) is 6.37. The van der Waals surface area contributed by atoms with Crippen LogP contribution in [0.2, 0.25) is 5.02 Å². The first kappa shape index (κ1) is 23.4. The Hall–Kier alpha value is -2.73. The molecule has 0 saturated heterocycles. The van der Waals surface area contributed by atoms with Crippen molar-refractivity contribution < 1.29 is 9.84 Å². The first-order valence-electron chi connectivity index (χ1n) is 11.3. The van der Waals surface area contributed by atoms with Gasteiger partial charge in [0.25, 0.3) is 5.56 Å². The van der Waals surface area contributed by atoms with Gasteiger partial charge in [0, 0.05) is 31.8 Å². The molecular formula is C24H29ClN4O4. The van der Waals surface area contributed by atoms with Crippen molar-refractivity contribution in [2.75, 3.05) is 23.4 Å². The third kappa shape index (κ3) is 5.11. The molecule has 1 aromatic carbocycles. The van der Waals surface area contributed by atoms with Gasteiger partial charge >= 0.3 is 5.69 Å². The molecule has 0 spiro atoms. The van der Waals surface area contributed by atoms with Gasteiger partial charge in [-0.15, -0.1) is 0 Å². The largest absolute Gasteiger partial charge is 0.396 e. The van der Waals surface area contributed by atoms with Crippen molar-refractivity contribution in [2.45, 2.75) is 57.5 Å². The minimum absolute atomic E-state index is 0.0215. The normalized spacial score (nSPS) is 17.2. The summed E-state index contributed by atoms with van der Waals surface area (Å²) >= 11 is 6.03. The summed E-state index contributed by atoms with van der Waals surface area (Å²) in [5, 5.41) is 12.9. The third-order valence-electron chi connectivity index (χ3n) is 6.12. The molecule has 1 aromatic heterocycles. The molecule has 4 rings (SSSR count). The molecule has 176 valence electrons. The number of fused-ring (bicyclic) bond motifs is 1. The van der Waals surface area contributed by atoms with E-state index in [1.54, 1.807) is 7.05 Å². The summed E-state index contributed by atoms with van der Waals surface area (Å²) < 4.78 is 8.46.